The van der Waals surface area contributed by atoms with E-state index in [0.717, 1.165) is 0 Å². The second-order valence-electron chi connectivity index (χ2n) is 3.39. The average molecular weight is 468 g/mol. The second kappa shape index (κ2) is 22.7. The summed E-state index contributed by atoms with van der Waals surface area (Å²) in [7, 11) is 0. The van der Waals surface area contributed by atoms with Crippen LogP contribution in [0.5, 0.6) is 0 Å². The van der Waals surface area contributed by atoms with E-state index >= 15 is 0 Å². The standard InChI is InChI=1S/C6H8O7.Al.HNO3.3NO3/c7-3(8)1-6(13,5(11)12)2-4(9)10;;4*2-1(3)4/h13H,1-2H2,(H,7,8)(H,9,10)(H,11,12);;(H,2,3,4);;;/q;+3;;3*-1. The Bertz CT molecular complexity index is 497. The molecule has 0 rings (SSSR count). The summed E-state index contributed by atoms with van der Waals surface area (Å²) < 4.78 is 0. The van der Waals surface area contributed by atoms with Gasteiger partial charge in [0.25, 0.3) is 5.09 Å². The Labute approximate surface area is 171 Å². The van der Waals surface area contributed by atoms with E-state index in [1.165, 1.54) is 0 Å². The molecule has 30 heavy (non-hydrogen) atoms. The monoisotopic (exact) mass is 468 g/mol. The van der Waals surface area contributed by atoms with Crippen LogP contribution >= 0.6 is 0 Å². The molecule has 0 aromatic rings. The minimum absolute atomic E-state index is 0. The molecule has 0 spiro atoms. The maximum atomic E-state index is 10.3. The number of carboxylic acid groups (broad SMARTS) is 3. The first-order valence-electron chi connectivity index (χ1n) is 5.38. The summed E-state index contributed by atoms with van der Waals surface area (Å²) in [4.78, 5) is 63.6. The molecule has 170 valence electrons. The molecule has 0 radical (unpaired) electrons. The predicted octanol–water partition coefficient (Wildman–Crippen LogP) is -2.69. The van der Waals surface area contributed by atoms with Crippen LogP contribution in [-0.2, 0) is 14.4 Å². The fraction of sp³-hybridized carbons (Fsp3) is 0.500. The second-order valence-corrected chi connectivity index (χ2v) is 3.39. The van der Waals surface area contributed by atoms with E-state index in [1.807, 2.05) is 0 Å². The normalized spacial score (nSPS) is 7.90. The summed E-state index contributed by atoms with van der Waals surface area (Å²) in [5, 5.41) is 91.7. The molecular formula is C6H9AlN4O19. The van der Waals surface area contributed by atoms with Crippen LogP contribution in [0.3, 0.4) is 0 Å². The summed E-state index contributed by atoms with van der Waals surface area (Å²) in [6, 6.07) is 0. The fourth-order valence-electron chi connectivity index (χ4n) is 0.714. The Morgan fingerprint density at radius 2 is 0.800 bits per heavy atom. The van der Waals surface area contributed by atoms with Crippen molar-refractivity contribution in [3.8, 4) is 0 Å². The number of nitrogens with zero attached hydrogens (tertiary/aromatic N) is 4. The van der Waals surface area contributed by atoms with E-state index in [-0.39, 0.29) is 17.4 Å². The molecule has 0 unspecified atom stereocenters. The summed E-state index contributed by atoms with van der Waals surface area (Å²) in [6.07, 6.45) is -2.29. The van der Waals surface area contributed by atoms with Crippen LogP contribution in [0.4, 0.5) is 0 Å². The molecule has 0 aromatic heterocycles. The first kappa shape index (κ1) is 40.4. The van der Waals surface area contributed by atoms with Gasteiger partial charge in [0.05, 0.1) is 28.1 Å². The molecule has 0 heterocycles. The van der Waals surface area contributed by atoms with Gasteiger partial charge in [-0.15, -0.1) is 10.1 Å². The third-order valence-corrected chi connectivity index (χ3v) is 1.29. The van der Waals surface area contributed by atoms with E-state index in [2.05, 4.69) is 0 Å². The maximum Gasteiger partial charge on any atom is 3.00 e. The molecule has 0 aliphatic heterocycles. The van der Waals surface area contributed by atoms with Crippen molar-refractivity contribution in [1.29, 1.82) is 0 Å². The molecule has 5 N–H and O–H groups in total. The van der Waals surface area contributed by atoms with Gasteiger partial charge in [0, 0.05) is 0 Å². The maximum absolute atomic E-state index is 10.3. The van der Waals surface area contributed by atoms with E-state index in [4.69, 9.17) is 81.7 Å². The van der Waals surface area contributed by atoms with Crippen LogP contribution in [0.1, 0.15) is 12.8 Å². The summed E-state index contributed by atoms with van der Waals surface area (Å²) in [5.74, 6) is -5.02. The van der Waals surface area contributed by atoms with Gasteiger partial charge in [0.15, 0.2) is 5.60 Å². The molecule has 23 nitrogen and oxygen atoms in total. The van der Waals surface area contributed by atoms with Gasteiger partial charge in [-0.1, -0.05) is 0 Å². The Morgan fingerprint density at radius 1 is 0.667 bits per heavy atom. The van der Waals surface area contributed by atoms with Gasteiger partial charge in [-0.05, 0) is 0 Å². The third kappa shape index (κ3) is 89.2. The zero-order valence-corrected chi connectivity index (χ0v) is 14.9. The topological polar surface area (TPSA) is 394 Å². The van der Waals surface area contributed by atoms with E-state index < -0.39 is 56.7 Å². The number of hydrogen-bond donors (Lipinski definition) is 5. The van der Waals surface area contributed by atoms with Gasteiger partial charge in [-0.3, -0.25) is 9.59 Å². The molecule has 0 aliphatic carbocycles. The van der Waals surface area contributed by atoms with Gasteiger partial charge in [0.1, 0.15) is 0 Å². The van der Waals surface area contributed by atoms with Crippen LogP contribution < -0.4 is 0 Å². The SMILES string of the molecule is O=C(O)CC(O)(CC(=O)O)C(=O)O.O=[N+]([O-])O.O=[N+]([O-])[O-].O=[N+]([O-])[O-].O=[N+]([O-])[O-].[Al+3]. The summed E-state index contributed by atoms with van der Waals surface area (Å²) >= 11 is 0. The van der Waals surface area contributed by atoms with Crippen LogP contribution in [0, 0.1) is 56.1 Å². The van der Waals surface area contributed by atoms with Gasteiger partial charge < -0.3 is 71.6 Å². The number of aliphatic hydroxyl groups is 1. The number of aliphatic carboxylic acids is 3. The smallest absolute Gasteiger partial charge is 0.481 e. The summed E-state index contributed by atoms with van der Waals surface area (Å²) in [6.45, 7) is 0. The molecule has 0 saturated heterocycles. The molecule has 0 saturated carbocycles. The Balaban J connectivity index is -0.0000000700. The Hall–Kier alpha value is -4.30. The molecule has 0 fully saturated rings. The molecular weight excluding hydrogens is 459 g/mol. The number of hydrogen-bond acceptors (Lipinski definition) is 15. The quantitative estimate of drug-likeness (QED) is 0.155. The van der Waals surface area contributed by atoms with Crippen molar-refractivity contribution < 1.29 is 60.4 Å². The van der Waals surface area contributed by atoms with Gasteiger partial charge in [-0.25, -0.2) is 4.79 Å². The van der Waals surface area contributed by atoms with E-state index in [1.54, 1.807) is 0 Å². The Kier molecular flexibility index (Phi) is 30.6. The zero-order chi connectivity index (χ0) is 25.0. The largest absolute Gasteiger partial charge is 3.00 e. The van der Waals surface area contributed by atoms with Gasteiger partial charge in [0.2, 0.25) is 0 Å². The van der Waals surface area contributed by atoms with Crippen molar-refractivity contribution in [3.05, 3.63) is 56.1 Å². The number of carbonyl (C=O) groups is 3. The number of carboxylic acids is 3. The first-order chi connectivity index (χ1) is 12.7. The molecule has 0 aromatic carbocycles. The van der Waals surface area contributed by atoms with Crippen molar-refractivity contribution >= 4 is 35.3 Å². The molecule has 24 heteroatoms. The molecule has 0 bridgehead atoms. The third-order valence-electron chi connectivity index (χ3n) is 1.29. The summed E-state index contributed by atoms with van der Waals surface area (Å²) in [5.41, 5.74) is -2.74. The predicted molar refractivity (Wildman–Crippen MR) is 82.7 cm³/mol. The molecule has 0 aliphatic rings. The van der Waals surface area contributed by atoms with Crippen molar-refractivity contribution in [2.75, 3.05) is 0 Å². The van der Waals surface area contributed by atoms with E-state index in [9.17, 15) is 14.4 Å². The van der Waals surface area contributed by atoms with Crippen molar-refractivity contribution in [2.24, 2.45) is 0 Å². The van der Waals surface area contributed by atoms with Crippen molar-refractivity contribution in [2.45, 2.75) is 18.4 Å². The van der Waals surface area contributed by atoms with Crippen LogP contribution in [-0.4, -0.2) is 86.8 Å². The van der Waals surface area contributed by atoms with Crippen LogP contribution in [0.2, 0.25) is 0 Å². The average Bonchev–Trinajstić information content (AvgIpc) is 2.32. The Morgan fingerprint density at radius 3 is 0.867 bits per heavy atom. The molecule has 0 atom stereocenters. The first-order valence-corrected chi connectivity index (χ1v) is 5.38. The van der Waals surface area contributed by atoms with Crippen molar-refractivity contribution in [1.82, 2.24) is 0 Å². The minimum atomic E-state index is -2.74. The minimum Gasteiger partial charge on any atom is -0.481 e. The van der Waals surface area contributed by atoms with Gasteiger partial charge >= 0.3 is 35.3 Å². The zero-order valence-electron chi connectivity index (χ0n) is 13.7. The van der Waals surface area contributed by atoms with E-state index in [0.29, 0.717) is 0 Å². The van der Waals surface area contributed by atoms with Crippen LogP contribution in [0.25, 0.3) is 0 Å². The fourth-order valence-corrected chi connectivity index (χ4v) is 0.714. The molecule has 0 amide bonds. The van der Waals surface area contributed by atoms with Crippen LogP contribution in [0.15, 0.2) is 0 Å². The van der Waals surface area contributed by atoms with Gasteiger partial charge in [-0.2, -0.15) is 0 Å². The van der Waals surface area contributed by atoms with Crippen molar-refractivity contribution in [3.63, 3.8) is 0 Å². The number of rotatable bonds is 5.